The molecule has 0 aliphatic carbocycles. The first-order chi connectivity index (χ1) is 15.0. The summed E-state index contributed by atoms with van der Waals surface area (Å²) in [6.07, 6.45) is -0.167. The van der Waals surface area contributed by atoms with Gasteiger partial charge in [-0.2, -0.15) is 0 Å². The molecule has 0 saturated carbocycles. The van der Waals surface area contributed by atoms with Gasteiger partial charge in [-0.05, 0) is 49.6 Å². The molecule has 3 aromatic carbocycles. The van der Waals surface area contributed by atoms with E-state index >= 15 is 0 Å². The maximum Gasteiger partial charge on any atom is 0.265 e. The van der Waals surface area contributed by atoms with Gasteiger partial charge in [0, 0.05) is 0 Å². The SMILES string of the molecule is CCC(Oc1ccccc1C)C(=O)Nc1ccccc1C(=O)NC(C)c1ccccc1. The number of carbonyl (C=O) groups is 2. The molecule has 5 nitrogen and oxygen atoms in total. The number of ether oxygens (including phenoxy) is 1. The summed E-state index contributed by atoms with van der Waals surface area (Å²) in [5.74, 6) is 0.134. The van der Waals surface area contributed by atoms with E-state index in [1.807, 2.05) is 75.4 Å². The lowest BCUT2D eigenvalue weighted by atomic mass is 10.1. The summed E-state index contributed by atoms with van der Waals surface area (Å²) in [5, 5.41) is 5.87. The second kappa shape index (κ2) is 10.4. The predicted molar refractivity (Wildman–Crippen MR) is 123 cm³/mol. The largest absolute Gasteiger partial charge is 0.480 e. The molecule has 160 valence electrons. The van der Waals surface area contributed by atoms with E-state index in [2.05, 4.69) is 10.6 Å². The highest BCUT2D eigenvalue weighted by atomic mass is 16.5. The molecule has 5 heteroatoms. The molecule has 2 N–H and O–H groups in total. The minimum Gasteiger partial charge on any atom is -0.480 e. The van der Waals surface area contributed by atoms with Gasteiger partial charge in [-0.1, -0.05) is 67.6 Å². The van der Waals surface area contributed by atoms with Crippen LogP contribution in [0.5, 0.6) is 5.75 Å². The van der Waals surface area contributed by atoms with Crippen molar-refractivity contribution in [1.29, 1.82) is 0 Å². The molecule has 3 rings (SSSR count). The molecule has 0 saturated heterocycles. The Kier molecular flexibility index (Phi) is 7.44. The van der Waals surface area contributed by atoms with Crippen LogP contribution in [0.1, 0.15) is 47.8 Å². The first kappa shape index (κ1) is 22.1. The first-order valence-corrected chi connectivity index (χ1v) is 10.5. The van der Waals surface area contributed by atoms with E-state index in [4.69, 9.17) is 4.74 Å². The standard InChI is InChI=1S/C26H28N2O3/c1-4-23(31-24-17-11-8-12-18(24)2)26(30)28-22-16-10-9-15-21(22)25(29)27-19(3)20-13-6-5-7-14-20/h5-17,19,23H,4H2,1-3H3,(H,27,29)(H,28,30). The molecule has 31 heavy (non-hydrogen) atoms. The monoisotopic (exact) mass is 416 g/mol. The number of anilines is 1. The van der Waals surface area contributed by atoms with E-state index in [0.29, 0.717) is 23.4 Å². The lowest BCUT2D eigenvalue weighted by molar-refractivity contribution is -0.122. The minimum absolute atomic E-state index is 0.162. The van der Waals surface area contributed by atoms with Crippen molar-refractivity contribution in [2.24, 2.45) is 0 Å². The molecule has 2 unspecified atom stereocenters. The first-order valence-electron chi connectivity index (χ1n) is 10.5. The summed E-state index contributed by atoms with van der Waals surface area (Å²) in [4.78, 5) is 25.8. The summed E-state index contributed by atoms with van der Waals surface area (Å²) in [6, 6.07) is 24.1. The number of rotatable bonds is 8. The molecule has 0 spiro atoms. The number of nitrogens with one attached hydrogen (secondary N) is 2. The van der Waals surface area contributed by atoms with Crippen molar-refractivity contribution in [3.05, 3.63) is 95.6 Å². The molecule has 0 bridgehead atoms. The second-order valence-electron chi connectivity index (χ2n) is 7.42. The normalized spacial score (nSPS) is 12.5. The van der Waals surface area contributed by atoms with Gasteiger partial charge in [0.05, 0.1) is 17.3 Å². The number of aryl methyl sites for hydroxylation is 1. The van der Waals surface area contributed by atoms with Crippen molar-refractivity contribution in [1.82, 2.24) is 5.32 Å². The Balaban J connectivity index is 1.72. The zero-order valence-corrected chi connectivity index (χ0v) is 18.1. The van der Waals surface area contributed by atoms with Gasteiger partial charge in [-0.15, -0.1) is 0 Å². The van der Waals surface area contributed by atoms with E-state index < -0.39 is 6.10 Å². The van der Waals surface area contributed by atoms with Gasteiger partial charge in [-0.3, -0.25) is 9.59 Å². The van der Waals surface area contributed by atoms with Crippen molar-refractivity contribution < 1.29 is 14.3 Å². The molecule has 2 atom stereocenters. The van der Waals surface area contributed by atoms with E-state index in [9.17, 15) is 9.59 Å². The van der Waals surface area contributed by atoms with Crippen LogP contribution in [0.2, 0.25) is 0 Å². The smallest absolute Gasteiger partial charge is 0.265 e. The van der Waals surface area contributed by atoms with Gasteiger partial charge in [0.15, 0.2) is 6.10 Å². The molecule has 0 aromatic heterocycles. The highest BCUT2D eigenvalue weighted by Crippen LogP contribution is 2.21. The predicted octanol–water partition coefficient (Wildman–Crippen LogP) is 5.28. The lowest BCUT2D eigenvalue weighted by Gasteiger charge is -2.20. The molecule has 0 fully saturated rings. The maximum absolute atomic E-state index is 12.9. The second-order valence-corrected chi connectivity index (χ2v) is 7.42. The maximum atomic E-state index is 12.9. The van der Waals surface area contributed by atoms with Crippen LogP contribution in [0.25, 0.3) is 0 Å². The Labute approximate surface area is 183 Å². The van der Waals surface area contributed by atoms with Gasteiger partial charge in [0.1, 0.15) is 5.75 Å². The fourth-order valence-corrected chi connectivity index (χ4v) is 3.27. The molecule has 3 aromatic rings. The highest BCUT2D eigenvalue weighted by Gasteiger charge is 2.22. The average Bonchev–Trinajstić information content (AvgIpc) is 2.79. The summed E-state index contributed by atoms with van der Waals surface area (Å²) >= 11 is 0. The van der Waals surface area contributed by atoms with Crippen molar-refractivity contribution in [3.8, 4) is 5.75 Å². The molecule has 0 aliphatic rings. The number of hydrogen-bond donors (Lipinski definition) is 2. The van der Waals surface area contributed by atoms with Crippen LogP contribution in [-0.2, 0) is 4.79 Å². The molecule has 2 amide bonds. The zero-order chi connectivity index (χ0) is 22.2. The molecular weight excluding hydrogens is 388 g/mol. The summed E-state index contributed by atoms with van der Waals surface area (Å²) in [5.41, 5.74) is 2.83. The van der Waals surface area contributed by atoms with Crippen LogP contribution >= 0.6 is 0 Å². The van der Waals surface area contributed by atoms with Crippen LogP contribution in [0, 0.1) is 6.92 Å². The van der Waals surface area contributed by atoms with Gasteiger partial charge >= 0.3 is 0 Å². The number of para-hydroxylation sites is 2. The van der Waals surface area contributed by atoms with Crippen molar-refractivity contribution >= 4 is 17.5 Å². The van der Waals surface area contributed by atoms with Crippen LogP contribution < -0.4 is 15.4 Å². The van der Waals surface area contributed by atoms with Crippen molar-refractivity contribution in [3.63, 3.8) is 0 Å². The Morgan fingerprint density at radius 3 is 2.26 bits per heavy atom. The van der Waals surface area contributed by atoms with Gasteiger partial charge in [0.25, 0.3) is 11.8 Å². The van der Waals surface area contributed by atoms with E-state index in [0.717, 1.165) is 11.1 Å². The highest BCUT2D eigenvalue weighted by molar-refractivity contribution is 6.04. The van der Waals surface area contributed by atoms with Crippen LogP contribution in [-0.4, -0.2) is 17.9 Å². The fraction of sp³-hybridized carbons (Fsp3) is 0.231. The van der Waals surface area contributed by atoms with Crippen molar-refractivity contribution in [2.45, 2.75) is 39.3 Å². The minimum atomic E-state index is -0.666. The summed E-state index contributed by atoms with van der Waals surface area (Å²) in [7, 11) is 0. The van der Waals surface area contributed by atoms with Gasteiger partial charge in [-0.25, -0.2) is 0 Å². The van der Waals surface area contributed by atoms with E-state index in [1.54, 1.807) is 24.3 Å². The number of hydrogen-bond acceptors (Lipinski definition) is 3. The molecular formula is C26H28N2O3. The Hall–Kier alpha value is -3.60. The zero-order valence-electron chi connectivity index (χ0n) is 18.1. The van der Waals surface area contributed by atoms with E-state index in [1.165, 1.54) is 0 Å². The van der Waals surface area contributed by atoms with Gasteiger partial charge in [0.2, 0.25) is 0 Å². The summed E-state index contributed by atoms with van der Waals surface area (Å²) in [6.45, 7) is 5.76. The van der Waals surface area contributed by atoms with Crippen molar-refractivity contribution in [2.75, 3.05) is 5.32 Å². The lowest BCUT2D eigenvalue weighted by Crippen LogP contribution is -2.34. The molecule has 0 aliphatic heterocycles. The third kappa shape index (κ3) is 5.72. The Morgan fingerprint density at radius 2 is 1.55 bits per heavy atom. The van der Waals surface area contributed by atoms with Crippen LogP contribution in [0.15, 0.2) is 78.9 Å². The fourth-order valence-electron chi connectivity index (χ4n) is 3.27. The third-order valence-corrected chi connectivity index (χ3v) is 5.10. The van der Waals surface area contributed by atoms with Crippen LogP contribution in [0.3, 0.4) is 0 Å². The number of amides is 2. The average molecular weight is 417 g/mol. The molecule has 0 radical (unpaired) electrons. The third-order valence-electron chi connectivity index (χ3n) is 5.10. The molecule has 0 heterocycles. The number of benzene rings is 3. The van der Waals surface area contributed by atoms with Gasteiger partial charge < -0.3 is 15.4 Å². The quantitative estimate of drug-likeness (QED) is 0.525. The Morgan fingerprint density at radius 1 is 0.903 bits per heavy atom. The number of carbonyl (C=O) groups excluding carboxylic acids is 2. The topological polar surface area (TPSA) is 67.4 Å². The Bertz CT molecular complexity index is 1030. The van der Waals surface area contributed by atoms with E-state index in [-0.39, 0.29) is 17.9 Å². The summed E-state index contributed by atoms with van der Waals surface area (Å²) < 4.78 is 5.94. The van der Waals surface area contributed by atoms with Crippen LogP contribution in [0.4, 0.5) is 5.69 Å².